The predicted octanol–water partition coefficient (Wildman–Crippen LogP) is 5.24. The molecule has 0 saturated carbocycles. The van der Waals surface area contributed by atoms with E-state index in [4.69, 9.17) is 9.73 Å². The number of halogens is 1. The van der Waals surface area contributed by atoms with Gasteiger partial charge in [-0.2, -0.15) is 0 Å². The van der Waals surface area contributed by atoms with Crippen LogP contribution in [-0.2, 0) is 0 Å². The van der Waals surface area contributed by atoms with Crippen LogP contribution in [0.3, 0.4) is 0 Å². The Labute approximate surface area is 172 Å². The number of carbonyl (C=O) groups excluding carboxylic acids is 1. The quantitative estimate of drug-likeness (QED) is 0.588. The van der Waals surface area contributed by atoms with Crippen LogP contribution in [0.15, 0.2) is 53.5 Å². The number of Topliss-reactive ketones (excluding diaryl/α,β-unsaturated/α-hetero) is 1. The number of ketones is 1. The zero-order valence-electron chi connectivity index (χ0n) is 16.0. The smallest absolute Gasteiger partial charge is 0.182 e. The van der Waals surface area contributed by atoms with Crippen LogP contribution in [0.4, 0.5) is 5.69 Å². The number of aliphatic imine (C=N–C) groups is 1. The van der Waals surface area contributed by atoms with E-state index in [1.54, 1.807) is 0 Å². The molecule has 0 saturated heterocycles. The standard InChI is InChI=1S/C22H26N2O2.BrH/c1-3-26-20-12-10-18(11-13-20)21(25)16-24(22-9-4-5-14-23-22)19-8-6-7-17(2)15-19;/h6-8,10-13,15H,3-5,9,14,16H2,1-2H3;1H. The highest BCUT2D eigenvalue weighted by Gasteiger charge is 2.20. The molecular weight excluding hydrogens is 404 g/mol. The van der Waals surface area contributed by atoms with E-state index in [1.807, 2.05) is 37.3 Å². The van der Waals surface area contributed by atoms with E-state index in [0.717, 1.165) is 43.1 Å². The Morgan fingerprint density at radius 1 is 1.15 bits per heavy atom. The van der Waals surface area contributed by atoms with Crippen molar-refractivity contribution in [2.75, 3.05) is 24.6 Å². The van der Waals surface area contributed by atoms with Gasteiger partial charge in [-0.25, -0.2) is 0 Å². The fraction of sp³-hybridized carbons (Fsp3) is 0.364. The van der Waals surface area contributed by atoms with Gasteiger partial charge in [0.05, 0.1) is 13.2 Å². The van der Waals surface area contributed by atoms with Crippen molar-refractivity contribution in [1.82, 2.24) is 0 Å². The van der Waals surface area contributed by atoms with E-state index in [0.29, 0.717) is 18.7 Å². The molecular formula is C22H27BrN2O2. The Morgan fingerprint density at radius 2 is 1.93 bits per heavy atom. The van der Waals surface area contributed by atoms with E-state index in [-0.39, 0.29) is 22.8 Å². The molecule has 0 amide bonds. The van der Waals surface area contributed by atoms with Gasteiger partial charge in [0, 0.05) is 24.2 Å². The largest absolute Gasteiger partial charge is 0.494 e. The summed E-state index contributed by atoms with van der Waals surface area (Å²) in [7, 11) is 0. The molecule has 1 aliphatic rings. The third-order valence-corrected chi connectivity index (χ3v) is 4.52. The molecule has 0 spiro atoms. The Bertz CT molecular complexity index is 787. The van der Waals surface area contributed by atoms with Crippen LogP contribution in [0.5, 0.6) is 5.75 Å². The van der Waals surface area contributed by atoms with Crippen LogP contribution in [-0.4, -0.2) is 31.3 Å². The molecule has 0 atom stereocenters. The number of amidine groups is 1. The van der Waals surface area contributed by atoms with Crippen molar-refractivity contribution in [3.63, 3.8) is 0 Å². The van der Waals surface area contributed by atoms with Crippen molar-refractivity contribution in [3.8, 4) is 5.75 Å². The minimum absolute atomic E-state index is 0. The van der Waals surface area contributed by atoms with E-state index >= 15 is 0 Å². The van der Waals surface area contributed by atoms with Crippen molar-refractivity contribution in [1.29, 1.82) is 0 Å². The first-order valence-corrected chi connectivity index (χ1v) is 9.31. The topological polar surface area (TPSA) is 41.9 Å². The lowest BCUT2D eigenvalue weighted by Gasteiger charge is -2.28. The van der Waals surface area contributed by atoms with Crippen molar-refractivity contribution in [3.05, 3.63) is 59.7 Å². The second-order valence-electron chi connectivity index (χ2n) is 6.56. The molecule has 27 heavy (non-hydrogen) atoms. The molecule has 5 heteroatoms. The highest BCUT2D eigenvalue weighted by atomic mass is 79.9. The monoisotopic (exact) mass is 430 g/mol. The molecule has 3 rings (SSSR count). The fourth-order valence-electron chi connectivity index (χ4n) is 3.17. The highest BCUT2D eigenvalue weighted by Crippen LogP contribution is 2.21. The van der Waals surface area contributed by atoms with Gasteiger partial charge in [-0.1, -0.05) is 12.1 Å². The molecule has 2 aromatic rings. The fourth-order valence-corrected chi connectivity index (χ4v) is 3.17. The zero-order valence-corrected chi connectivity index (χ0v) is 17.7. The van der Waals surface area contributed by atoms with Gasteiger partial charge in [0.25, 0.3) is 0 Å². The third-order valence-electron chi connectivity index (χ3n) is 4.52. The van der Waals surface area contributed by atoms with Gasteiger partial charge in [-0.3, -0.25) is 9.79 Å². The summed E-state index contributed by atoms with van der Waals surface area (Å²) in [6, 6.07) is 15.6. The number of nitrogens with zero attached hydrogens (tertiary/aromatic N) is 2. The summed E-state index contributed by atoms with van der Waals surface area (Å²) in [4.78, 5) is 19.7. The van der Waals surface area contributed by atoms with Crippen LogP contribution in [0, 0.1) is 6.92 Å². The van der Waals surface area contributed by atoms with E-state index in [1.165, 1.54) is 5.56 Å². The molecule has 0 aliphatic carbocycles. The number of benzene rings is 2. The summed E-state index contributed by atoms with van der Waals surface area (Å²) in [5.74, 6) is 1.89. The minimum Gasteiger partial charge on any atom is -0.494 e. The number of rotatable bonds is 6. The number of hydrogen-bond donors (Lipinski definition) is 0. The molecule has 0 unspecified atom stereocenters. The maximum atomic E-state index is 12.9. The predicted molar refractivity (Wildman–Crippen MR) is 117 cm³/mol. The summed E-state index contributed by atoms with van der Waals surface area (Å²) in [5.41, 5.74) is 2.91. The molecule has 144 valence electrons. The summed E-state index contributed by atoms with van der Waals surface area (Å²) >= 11 is 0. The lowest BCUT2D eigenvalue weighted by Crippen LogP contribution is -2.37. The molecule has 0 bridgehead atoms. The second kappa shape index (κ2) is 10.3. The zero-order chi connectivity index (χ0) is 18.4. The van der Waals surface area contributed by atoms with Gasteiger partial charge < -0.3 is 9.64 Å². The molecule has 0 radical (unpaired) electrons. The Morgan fingerprint density at radius 3 is 2.56 bits per heavy atom. The maximum absolute atomic E-state index is 12.9. The molecule has 4 nitrogen and oxygen atoms in total. The molecule has 0 fully saturated rings. The number of carbonyl (C=O) groups is 1. The highest BCUT2D eigenvalue weighted by molar-refractivity contribution is 8.93. The third kappa shape index (κ3) is 5.67. The summed E-state index contributed by atoms with van der Waals surface area (Å²) in [6.07, 6.45) is 3.17. The van der Waals surface area contributed by atoms with Crippen LogP contribution in [0.1, 0.15) is 42.1 Å². The van der Waals surface area contributed by atoms with E-state index in [2.05, 4.69) is 30.0 Å². The van der Waals surface area contributed by atoms with Gasteiger partial charge in [0.1, 0.15) is 11.6 Å². The first kappa shape index (κ1) is 21.2. The molecule has 0 N–H and O–H groups in total. The first-order valence-electron chi connectivity index (χ1n) is 9.31. The second-order valence-corrected chi connectivity index (χ2v) is 6.56. The summed E-state index contributed by atoms with van der Waals surface area (Å²) < 4.78 is 5.46. The van der Waals surface area contributed by atoms with Gasteiger partial charge >= 0.3 is 0 Å². The molecule has 2 aromatic carbocycles. The van der Waals surface area contributed by atoms with Crippen molar-refractivity contribution in [2.45, 2.75) is 33.1 Å². The SMILES string of the molecule is Br.CCOc1ccc(C(=O)CN(C2=NCCCC2)c2cccc(C)c2)cc1. The van der Waals surface area contributed by atoms with Gasteiger partial charge in [-0.15, -0.1) is 17.0 Å². The van der Waals surface area contributed by atoms with Crippen LogP contribution in [0.2, 0.25) is 0 Å². The Kier molecular flexibility index (Phi) is 8.04. The summed E-state index contributed by atoms with van der Waals surface area (Å²) in [5, 5.41) is 0. The first-order chi connectivity index (χ1) is 12.7. The lowest BCUT2D eigenvalue weighted by molar-refractivity contribution is 0.100. The van der Waals surface area contributed by atoms with Crippen LogP contribution < -0.4 is 9.64 Å². The van der Waals surface area contributed by atoms with Crippen molar-refractivity contribution in [2.24, 2.45) is 4.99 Å². The minimum atomic E-state index is 0. The van der Waals surface area contributed by atoms with E-state index < -0.39 is 0 Å². The normalized spacial score (nSPS) is 13.3. The number of ether oxygens (including phenoxy) is 1. The van der Waals surface area contributed by atoms with Crippen molar-refractivity contribution >= 4 is 34.3 Å². The molecule has 1 heterocycles. The van der Waals surface area contributed by atoms with Gasteiger partial charge in [0.15, 0.2) is 5.78 Å². The number of hydrogen-bond acceptors (Lipinski definition) is 4. The summed E-state index contributed by atoms with van der Waals surface area (Å²) in [6.45, 7) is 5.78. The average Bonchev–Trinajstić information content (AvgIpc) is 2.67. The molecule has 1 aliphatic heterocycles. The Hall–Kier alpha value is -2.14. The van der Waals surface area contributed by atoms with Gasteiger partial charge in [0.2, 0.25) is 0 Å². The van der Waals surface area contributed by atoms with Gasteiger partial charge in [-0.05, 0) is 68.7 Å². The molecule has 0 aromatic heterocycles. The van der Waals surface area contributed by atoms with Crippen molar-refractivity contribution < 1.29 is 9.53 Å². The average molecular weight is 431 g/mol. The van der Waals surface area contributed by atoms with Crippen LogP contribution >= 0.6 is 17.0 Å². The van der Waals surface area contributed by atoms with E-state index in [9.17, 15) is 4.79 Å². The number of anilines is 1. The Balaban J connectivity index is 0.00000261. The maximum Gasteiger partial charge on any atom is 0.182 e. The van der Waals surface area contributed by atoms with Crippen LogP contribution in [0.25, 0.3) is 0 Å². The lowest BCUT2D eigenvalue weighted by atomic mass is 10.1. The number of aryl methyl sites for hydroxylation is 1.